The van der Waals surface area contributed by atoms with E-state index in [2.05, 4.69) is 18.5 Å². The predicted octanol–water partition coefficient (Wildman–Crippen LogP) is 2.20. The molecule has 10 heteroatoms. The van der Waals surface area contributed by atoms with Crippen LogP contribution in [0.1, 0.15) is 43.7 Å². The number of esters is 1. The van der Waals surface area contributed by atoms with Crippen LogP contribution in [-0.2, 0) is 28.7 Å². The van der Waals surface area contributed by atoms with Gasteiger partial charge in [0.05, 0.1) is 31.1 Å². The van der Waals surface area contributed by atoms with Crippen LogP contribution in [0.15, 0.2) is 43.5 Å². The van der Waals surface area contributed by atoms with Gasteiger partial charge in [-0.2, -0.15) is 0 Å². The molecular weight excluding hydrogens is 526 g/mol. The summed E-state index contributed by atoms with van der Waals surface area (Å²) in [5.41, 5.74) is 1.32. The Morgan fingerprint density at radius 3 is 2.61 bits per heavy atom. The number of hydrogen-bond donors (Lipinski definition) is 2. The van der Waals surface area contributed by atoms with Gasteiger partial charge >= 0.3 is 5.97 Å². The number of carbonyl (C=O) groups excluding carboxylic acids is 4. The van der Waals surface area contributed by atoms with Gasteiger partial charge in [-0.05, 0) is 51.2 Å². The van der Waals surface area contributed by atoms with Crippen molar-refractivity contribution in [1.29, 1.82) is 0 Å². The number of ether oxygens (including phenoxy) is 2. The molecule has 0 aromatic heterocycles. The highest BCUT2D eigenvalue weighted by molar-refractivity contribution is 6.05. The first-order chi connectivity index (χ1) is 19.6. The van der Waals surface area contributed by atoms with Crippen LogP contribution in [0, 0.1) is 25.7 Å². The van der Waals surface area contributed by atoms with Crippen LogP contribution >= 0.6 is 0 Å². The second kappa shape index (κ2) is 12.6. The second-order valence-electron chi connectivity index (χ2n) is 11.2. The van der Waals surface area contributed by atoms with E-state index in [1.54, 1.807) is 24.0 Å². The van der Waals surface area contributed by atoms with Crippen molar-refractivity contribution in [2.45, 2.75) is 70.3 Å². The number of aryl methyl sites for hydroxylation is 2. The Labute approximate surface area is 241 Å². The van der Waals surface area contributed by atoms with Gasteiger partial charge in [-0.25, -0.2) is 0 Å². The van der Waals surface area contributed by atoms with Crippen molar-refractivity contribution in [2.24, 2.45) is 11.8 Å². The molecule has 3 heterocycles. The minimum absolute atomic E-state index is 0.0644. The van der Waals surface area contributed by atoms with Crippen LogP contribution in [-0.4, -0.2) is 83.8 Å². The lowest BCUT2D eigenvalue weighted by Crippen LogP contribution is -2.57. The van der Waals surface area contributed by atoms with Gasteiger partial charge in [-0.3, -0.25) is 19.2 Å². The number of β-amino-alcohol motifs (C(OH)–C–C–N with tert-alkyl or cyclic N) is 1. The highest BCUT2D eigenvalue weighted by Crippen LogP contribution is 2.59. The summed E-state index contributed by atoms with van der Waals surface area (Å²) >= 11 is 0. The number of fused-ring (bicyclic) bond motifs is 1. The number of carbonyl (C=O) groups is 4. The monoisotopic (exact) mass is 567 g/mol. The molecule has 3 aliphatic heterocycles. The zero-order valence-electron chi connectivity index (χ0n) is 24.1. The van der Waals surface area contributed by atoms with Crippen LogP contribution < -0.4 is 10.2 Å². The Kier molecular flexibility index (Phi) is 9.34. The summed E-state index contributed by atoms with van der Waals surface area (Å²) in [7, 11) is 0. The number of nitrogens with zero attached hydrogens (tertiary/aromatic N) is 2. The number of amides is 3. The van der Waals surface area contributed by atoms with E-state index in [4.69, 9.17) is 9.47 Å². The fraction of sp³-hybridized carbons (Fsp3) is 0.548. The smallest absolute Gasteiger partial charge is 0.312 e. The van der Waals surface area contributed by atoms with E-state index in [0.29, 0.717) is 25.7 Å². The van der Waals surface area contributed by atoms with Gasteiger partial charge in [0.1, 0.15) is 17.7 Å². The fourth-order valence-corrected chi connectivity index (χ4v) is 6.75. The quantitative estimate of drug-likeness (QED) is 0.277. The maximum atomic E-state index is 14.4. The second-order valence-corrected chi connectivity index (χ2v) is 11.2. The summed E-state index contributed by atoms with van der Waals surface area (Å²) in [5, 5.41) is 12.6. The maximum Gasteiger partial charge on any atom is 0.312 e. The Bertz CT molecular complexity index is 1200. The molecule has 222 valence electrons. The van der Waals surface area contributed by atoms with Gasteiger partial charge in [0.15, 0.2) is 0 Å². The number of para-hydroxylation sites is 1. The van der Waals surface area contributed by atoms with Crippen molar-refractivity contribution in [1.82, 2.24) is 10.2 Å². The zero-order chi connectivity index (χ0) is 29.9. The Morgan fingerprint density at radius 1 is 1.27 bits per heavy atom. The van der Waals surface area contributed by atoms with Crippen LogP contribution in [0.25, 0.3) is 0 Å². The average molecular weight is 568 g/mol. The number of aliphatic hydroxyl groups is 1. The number of hydrogen-bond acceptors (Lipinski definition) is 7. The molecule has 3 fully saturated rings. The van der Waals surface area contributed by atoms with Crippen molar-refractivity contribution in [3.8, 4) is 0 Å². The lowest BCUT2D eigenvalue weighted by molar-refractivity contribution is -0.159. The highest BCUT2D eigenvalue weighted by atomic mass is 16.6. The van der Waals surface area contributed by atoms with E-state index in [9.17, 15) is 24.3 Å². The Morgan fingerprint density at radius 2 is 1.98 bits per heavy atom. The van der Waals surface area contributed by atoms with Crippen molar-refractivity contribution >= 4 is 29.4 Å². The van der Waals surface area contributed by atoms with Crippen molar-refractivity contribution < 1.29 is 33.8 Å². The van der Waals surface area contributed by atoms with E-state index < -0.39 is 47.6 Å². The van der Waals surface area contributed by atoms with Gasteiger partial charge in [0, 0.05) is 25.2 Å². The van der Waals surface area contributed by atoms with E-state index in [1.807, 2.05) is 32.0 Å². The van der Waals surface area contributed by atoms with Crippen LogP contribution in [0.2, 0.25) is 0 Å². The largest absolute Gasteiger partial charge is 0.460 e. The molecule has 2 N–H and O–H groups in total. The molecule has 3 aliphatic rings. The molecule has 6 atom stereocenters. The van der Waals surface area contributed by atoms with E-state index in [0.717, 1.165) is 16.8 Å². The first-order valence-corrected chi connectivity index (χ1v) is 14.3. The average Bonchev–Trinajstić information content (AvgIpc) is 3.57. The molecule has 0 unspecified atom stereocenters. The van der Waals surface area contributed by atoms with Crippen LogP contribution in [0.4, 0.5) is 5.69 Å². The molecule has 41 heavy (non-hydrogen) atoms. The lowest BCUT2D eigenvalue weighted by atomic mass is 9.70. The van der Waals surface area contributed by atoms with Gasteiger partial charge in [0.2, 0.25) is 11.8 Å². The van der Waals surface area contributed by atoms with Crippen LogP contribution in [0.5, 0.6) is 0 Å². The Hall–Kier alpha value is -3.50. The molecule has 10 nitrogen and oxygen atoms in total. The maximum absolute atomic E-state index is 14.4. The molecule has 0 aliphatic carbocycles. The normalized spacial score (nSPS) is 26.8. The molecule has 2 bridgehead atoms. The number of nitrogens with one attached hydrogen (secondary N) is 1. The summed E-state index contributed by atoms with van der Waals surface area (Å²) < 4.78 is 12.1. The molecule has 0 radical (unpaired) electrons. The summed E-state index contributed by atoms with van der Waals surface area (Å²) in [6.07, 6.45) is 3.87. The molecule has 1 spiro atoms. The number of benzene rings is 1. The van der Waals surface area contributed by atoms with Gasteiger partial charge in [-0.1, -0.05) is 30.4 Å². The molecule has 0 saturated carbocycles. The fourth-order valence-electron chi connectivity index (χ4n) is 6.75. The molecule has 3 amide bonds. The van der Waals surface area contributed by atoms with Crippen molar-refractivity contribution in [3.05, 3.63) is 54.6 Å². The van der Waals surface area contributed by atoms with Crippen molar-refractivity contribution in [2.75, 3.05) is 31.1 Å². The third-order valence-electron chi connectivity index (χ3n) is 8.41. The summed E-state index contributed by atoms with van der Waals surface area (Å²) in [4.78, 5) is 56.8. The standard InChI is InChI=1S/C31H41N3O7/c1-6-8-12-23(36)32-18-21(5)40-30(39)24-22-13-14-31(41-22)25(24)28(37)34(16-17-35)27(31)29(38)33(15-7-2)26-19(3)10-9-11-20(26)4/h6-7,9-11,21-22,24-25,27,35H,1-2,8,12-18H2,3-5H3,(H,32,36)/t21-,22-,24+,25+,27-,31+/m0/s1. The number of anilines is 1. The topological polar surface area (TPSA) is 125 Å². The predicted molar refractivity (Wildman–Crippen MR) is 153 cm³/mol. The summed E-state index contributed by atoms with van der Waals surface area (Å²) in [6.45, 7) is 12.9. The number of likely N-dealkylation sites (tertiary alicyclic amines) is 1. The molecule has 1 aromatic rings. The third-order valence-corrected chi connectivity index (χ3v) is 8.41. The number of allylic oxidation sites excluding steroid dienone is 1. The first kappa shape index (κ1) is 30.5. The first-order valence-electron chi connectivity index (χ1n) is 14.3. The third kappa shape index (κ3) is 5.55. The number of rotatable bonds is 13. The van der Waals surface area contributed by atoms with E-state index >= 15 is 0 Å². The van der Waals surface area contributed by atoms with Crippen LogP contribution in [0.3, 0.4) is 0 Å². The van der Waals surface area contributed by atoms with Gasteiger partial charge < -0.3 is 29.7 Å². The lowest BCUT2D eigenvalue weighted by Gasteiger charge is -2.37. The molecule has 4 rings (SSSR count). The van der Waals surface area contributed by atoms with Gasteiger partial charge in [0.25, 0.3) is 5.91 Å². The summed E-state index contributed by atoms with van der Waals surface area (Å²) in [6, 6.07) is 4.74. The Balaban J connectivity index is 1.61. The zero-order valence-corrected chi connectivity index (χ0v) is 24.1. The van der Waals surface area contributed by atoms with Gasteiger partial charge in [-0.15, -0.1) is 13.2 Å². The highest BCUT2D eigenvalue weighted by Gasteiger charge is 2.75. The summed E-state index contributed by atoms with van der Waals surface area (Å²) in [5.74, 6) is -3.29. The molecule has 3 saturated heterocycles. The van der Waals surface area contributed by atoms with E-state index in [1.165, 1.54) is 4.90 Å². The minimum Gasteiger partial charge on any atom is -0.460 e. The van der Waals surface area contributed by atoms with Crippen molar-refractivity contribution in [3.63, 3.8) is 0 Å². The SMILES string of the molecule is C=CCCC(=O)NC[C@H](C)OC(=O)[C@@H]1[C@@H]2CC[C@]3(O2)[C@H](C(=O)N(CC=C)c2c(C)cccc2C)N(CCO)C(=O)[C@@H]13. The van der Waals surface area contributed by atoms with E-state index in [-0.39, 0.29) is 38.1 Å². The number of aliphatic hydroxyl groups excluding tert-OH is 1. The molecular formula is C31H41N3O7. The minimum atomic E-state index is -1.21. The molecule has 1 aromatic carbocycles.